The van der Waals surface area contributed by atoms with E-state index in [4.69, 9.17) is 5.26 Å². The van der Waals surface area contributed by atoms with Crippen molar-refractivity contribution in [2.24, 2.45) is 0 Å². The molecule has 0 unspecified atom stereocenters. The molecule has 2 rings (SSSR count). The van der Waals surface area contributed by atoms with E-state index < -0.39 is 0 Å². The third kappa shape index (κ3) is 0.785. The molecule has 0 saturated carbocycles. The van der Waals surface area contributed by atoms with Gasteiger partial charge >= 0.3 is 0 Å². The van der Waals surface area contributed by atoms with Crippen LogP contribution in [0, 0.1) is 18.3 Å². The molecule has 3 nitrogen and oxygen atoms in total. The Morgan fingerprint density at radius 2 is 2.42 bits per heavy atom. The molecule has 12 heavy (non-hydrogen) atoms. The maximum Gasteiger partial charge on any atom is 0.138 e. The first-order valence-electron chi connectivity index (χ1n) is 3.65. The highest BCUT2D eigenvalue weighted by Crippen LogP contribution is 2.18. The average molecular weight is 157 g/mol. The van der Waals surface area contributed by atoms with Crippen molar-refractivity contribution in [1.29, 1.82) is 5.26 Å². The van der Waals surface area contributed by atoms with Crippen molar-refractivity contribution < 1.29 is 0 Å². The molecule has 0 aromatic carbocycles. The van der Waals surface area contributed by atoms with E-state index in [1.54, 1.807) is 12.3 Å². The van der Waals surface area contributed by atoms with Gasteiger partial charge in [0.1, 0.15) is 5.65 Å². The lowest BCUT2D eigenvalue weighted by Gasteiger charge is -1.92. The van der Waals surface area contributed by atoms with Gasteiger partial charge in [0.05, 0.1) is 11.6 Å². The summed E-state index contributed by atoms with van der Waals surface area (Å²) >= 11 is 0. The van der Waals surface area contributed by atoms with Crippen LogP contribution in [0.25, 0.3) is 11.0 Å². The number of aryl methyl sites for hydroxylation is 1. The van der Waals surface area contributed by atoms with Crippen LogP contribution in [0.5, 0.6) is 0 Å². The van der Waals surface area contributed by atoms with E-state index in [9.17, 15) is 0 Å². The Morgan fingerprint density at radius 3 is 3.17 bits per heavy atom. The Bertz CT molecular complexity index is 462. The fourth-order valence-electron chi connectivity index (χ4n) is 1.31. The second-order valence-electron chi connectivity index (χ2n) is 2.67. The standard InChI is InChI=1S/C9H7N3/c1-6-5-12-9-8(6)7(4-10)2-3-11-9/h2-3,5H,1H3,(H,11,12). The molecular weight excluding hydrogens is 150 g/mol. The van der Waals surface area contributed by atoms with Gasteiger partial charge in [0, 0.05) is 17.8 Å². The number of H-pyrrole nitrogens is 1. The molecule has 1 N–H and O–H groups in total. The second kappa shape index (κ2) is 2.35. The highest BCUT2D eigenvalue weighted by atomic mass is 14.8. The van der Waals surface area contributed by atoms with Gasteiger partial charge in [-0.2, -0.15) is 5.26 Å². The minimum atomic E-state index is 0.679. The Labute approximate surface area is 69.7 Å². The number of pyridine rings is 1. The van der Waals surface area contributed by atoms with Crippen LogP contribution >= 0.6 is 0 Å². The summed E-state index contributed by atoms with van der Waals surface area (Å²) in [4.78, 5) is 7.10. The van der Waals surface area contributed by atoms with Crippen LogP contribution in [0.2, 0.25) is 0 Å². The summed E-state index contributed by atoms with van der Waals surface area (Å²) in [6.07, 6.45) is 3.50. The molecule has 0 spiro atoms. The summed E-state index contributed by atoms with van der Waals surface area (Å²) in [7, 11) is 0. The Kier molecular flexibility index (Phi) is 1.34. The van der Waals surface area contributed by atoms with Crippen LogP contribution in [0.15, 0.2) is 18.5 Å². The van der Waals surface area contributed by atoms with E-state index in [-0.39, 0.29) is 0 Å². The van der Waals surface area contributed by atoms with Crippen molar-refractivity contribution in [3.63, 3.8) is 0 Å². The number of hydrogen-bond donors (Lipinski definition) is 1. The van der Waals surface area contributed by atoms with Crippen LogP contribution in [0.1, 0.15) is 11.1 Å². The number of hydrogen-bond acceptors (Lipinski definition) is 2. The van der Waals surface area contributed by atoms with Gasteiger partial charge in [-0.05, 0) is 18.6 Å². The molecule has 0 aliphatic rings. The molecule has 0 saturated heterocycles. The van der Waals surface area contributed by atoms with E-state index in [2.05, 4.69) is 16.0 Å². The molecule has 0 amide bonds. The number of aromatic amines is 1. The van der Waals surface area contributed by atoms with Crippen LogP contribution in [-0.2, 0) is 0 Å². The zero-order valence-electron chi connectivity index (χ0n) is 6.63. The number of nitrogens with one attached hydrogen (secondary N) is 1. The lowest BCUT2D eigenvalue weighted by molar-refractivity contribution is 1.32. The normalized spacial score (nSPS) is 10.0. The fourth-order valence-corrected chi connectivity index (χ4v) is 1.31. The fraction of sp³-hybridized carbons (Fsp3) is 0.111. The first kappa shape index (κ1) is 6.86. The summed E-state index contributed by atoms with van der Waals surface area (Å²) in [5.41, 5.74) is 2.53. The quantitative estimate of drug-likeness (QED) is 0.633. The van der Waals surface area contributed by atoms with E-state index in [1.807, 2.05) is 13.1 Å². The van der Waals surface area contributed by atoms with Crippen LogP contribution in [-0.4, -0.2) is 9.97 Å². The van der Waals surface area contributed by atoms with E-state index in [0.29, 0.717) is 5.56 Å². The lowest BCUT2D eigenvalue weighted by atomic mass is 10.1. The number of fused-ring (bicyclic) bond motifs is 1. The zero-order valence-corrected chi connectivity index (χ0v) is 6.63. The molecule has 0 radical (unpaired) electrons. The van der Waals surface area contributed by atoms with E-state index >= 15 is 0 Å². The SMILES string of the molecule is Cc1c[nH]c2nccc(C#N)c12. The van der Waals surface area contributed by atoms with Crippen molar-refractivity contribution in [2.45, 2.75) is 6.92 Å². The molecule has 2 aromatic heterocycles. The summed E-state index contributed by atoms with van der Waals surface area (Å²) in [5.74, 6) is 0. The van der Waals surface area contributed by atoms with Gasteiger partial charge in [-0.3, -0.25) is 0 Å². The van der Waals surface area contributed by atoms with Crippen LogP contribution in [0.4, 0.5) is 0 Å². The summed E-state index contributed by atoms with van der Waals surface area (Å²) in [6, 6.07) is 3.86. The monoisotopic (exact) mass is 157 g/mol. The lowest BCUT2D eigenvalue weighted by Crippen LogP contribution is -1.80. The molecule has 3 heteroatoms. The second-order valence-corrected chi connectivity index (χ2v) is 2.67. The Morgan fingerprint density at radius 1 is 1.58 bits per heavy atom. The van der Waals surface area contributed by atoms with Crippen molar-refractivity contribution in [1.82, 2.24) is 9.97 Å². The van der Waals surface area contributed by atoms with Crippen molar-refractivity contribution in [3.8, 4) is 6.07 Å². The van der Waals surface area contributed by atoms with Crippen molar-refractivity contribution in [2.75, 3.05) is 0 Å². The molecule has 2 aromatic rings. The molecule has 0 bridgehead atoms. The average Bonchev–Trinajstić information content (AvgIpc) is 2.48. The first-order chi connectivity index (χ1) is 5.83. The third-order valence-corrected chi connectivity index (χ3v) is 1.89. The summed E-state index contributed by atoms with van der Waals surface area (Å²) < 4.78 is 0. The van der Waals surface area contributed by atoms with Gasteiger partial charge < -0.3 is 4.98 Å². The van der Waals surface area contributed by atoms with E-state index in [1.165, 1.54) is 0 Å². The van der Waals surface area contributed by atoms with Gasteiger partial charge in [0.15, 0.2) is 0 Å². The maximum absolute atomic E-state index is 8.79. The summed E-state index contributed by atoms with van der Waals surface area (Å²) in [6.45, 7) is 1.96. The number of nitriles is 1. The van der Waals surface area contributed by atoms with Crippen molar-refractivity contribution in [3.05, 3.63) is 29.6 Å². The number of aromatic nitrogens is 2. The highest BCUT2D eigenvalue weighted by Gasteiger charge is 2.04. The Hall–Kier alpha value is -1.82. The molecule has 2 heterocycles. The third-order valence-electron chi connectivity index (χ3n) is 1.89. The van der Waals surface area contributed by atoms with Gasteiger partial charge in [-0.15, -0.1) is 0 Å². The first-order valence-corrected chi connectivity index (χ1v) is 3.65. The van der Waals surface area contributed by atoms with Crippen LogP contribution in [0.3, 0.4) is 0 Å². The molecule has 0 atom stereocenters. The molecule has 0 fully saturated rings. The molecule has 58 valence electrons. The topological polar surface area (TPSA) is 52.5 Å². The highest BCUT2D eigenvalue weighted by molar-refractivity contribution is 5.85. The number of nitrogens with zero attached hydrogens (tertiary/aromatic N) is 2. The predicted octanol–water partition coefficient (Wildman–Crippen LogP) is 1.74. The van der Waals surface area contributed by atoms with Gasteiger partial charge in [0.2, 0.25) is 0 Å². The minimum absolute atomic E-state index is 0.679. The maximum atomic E-state index is 8.79. The summed E-state index contributed by atoms with van der Waals surface area (Å²) in [5, 5.41) is 9.72. The predicted molar refractivity (Wildman–Crippen MR) is 45.5 cm³/mol. The smallest absolute Gasteiger partial charge is 0.138 e. The number of rotatable bonds is 0. The minimum Gasteiger partial charge on any atom is -0.346 e. The zero-order chi connectivity index (χ0) is 8.55. The van der Waals surface area contributed by atoms with Crippen LogP contribution < -0.4 is 0 Å². The largest absolute Gasteiger partial charge is 0.346 e. The van der Waals surface area contributed by atoms with Gasteiger partial charge in [-0.1, -0.05) is 0 Å². The van der Waals surface area contributed by atoms with Gasteiger partial charge in [0.25, 0.3) is 0 Å². The molecule has 0 aliphatic carbocycles. The Balaban J connectivity index is 2.96. The molecular formula is C9H7N3. The van der Waals surface area contributed by atoms with Gasteiger partial charge in [-0.25, -0.2) is 4.98 Å². The van der Waals surface area contributed by atoms with E-state index in [0.717, 1.165) is 16.6 Å². The van der Waals surface area contributed by atoms with Crippen molar-refractivity contribution >= 4 is 11.0 Å². The molecule has 0 aliphatic heterocycles.